The Morgan fingerprint density at radius 1 is 1.50 bits per heavy atom. The van der Waals surface area contributed by atoms with Crippen molar-refractivity contribution in [2.24, 2.45) is 0 Å². The van der Waals surface area contributed by atoms with E-state index in [1.54, 1.807) is 0 Å². The molecule has 0 radical (unpaired) electrons. The summed E-state index contributed by atoms with van der Waals surface area (Å²) in [6, 6.07) is 5.51. The van der Waals surface area contributed by atoms with Gasteiger partial charge in [-0.25, -0.2) is 4.39 Å². The first kappa shape index (κ1) is 9.08. The van der Waals surface area contributed by atoms with Crippen LogP contribution in [0, 0.1) is 15.9 Å². The Kier molecular flexibility index (Phi) is 1.78. The third-order valence-electron chi connectivity index (χ3n) is 2.32. The summed E-state index contributed by atoms with van der Waals surface area (Å²) >= 11 is 0. The molecule has 0 aliphatic carbocycles. The molecular formula is C9H8FNO3. The van der Waals surface area contributed by atoms with Gasteiger partial charge in [0.05, 0.1) is 4.92 Å². The summed E-state index contributed by atoms with van der Waals surface area (Å²) < 4.78 is 17.5. The molecule has 0 unspecified atom stereocenters. The van der Waals surface area contributed by atoms with Gasteiger partial charge in [0.1, 0.15) is 5.82 Å². The van der Waals surface area contributed by atoms with E-state index in [4.69, 9.17) is 4.74 Å². The second kappa shape index (κ2) is 2.75. The number of nitrogens with zero attached hydrogens (tertiary/aromatic N) is 1. The van der Waals surface area contributed by atoms with Gasteiger partial charge in [0.15, 0.2) is 6.10 Å². The number of rotatable bonds is 2. The highest BCUT2D eigenvalue weighted by atomic mass is 19.1. The molecule has 0 spiro atoms. The van der Waals surface area contributed by atoms with E-state index in [0.717, 1.165) is 0 Å². The van der Waals surface area contributed by atoms with Gasteiger partial charge in [-0.05, 0) is 17.7 Å². The van der Waals surface area contributed by atoms with Crippen LogP contribution >= 0.6 is 0 Å². The Bertz CT molecular complexity index is 378. The van der Waals surface area contributed by atoms with Crippen LogP contribution < -0.4 is 0 Å². The van der Waals surface area contributed by atoms with Crippen LogP contribution in [0.15, 0.2) is 24.3 Å². The molecule has 4 nitrogen and oxygen atoms in total. The number of hydrogen-bond donors (Lipinski definition) is 0. The largest absolute Gasteiger partial charge is 0.353 e. The fraction of sp³-hybridized carbons (Fsp3) is 0.333. The van der Waals surface area contributed by atoms with Crippen molar-refractivity contribution in [2.75, 3.05) is 0 Å². The molecule has 1 aromatic carbocycles. The molecule has 2 atom stereocenters. The van der Waals surface area contributed by atoms with Crippen molar-refractivity contribution in [1.82, 2.24) is 0 Å². The fourth-order valence-corrected chi connectivity index (χ4v) is 1.36. The Hall–Kier alpha value is -1.49. The van der Waals surface area contributed by atoms with Gasteiger partial charge >= 0.3 is 5.72 Å². The van der Waals surface area contributed by atoms with Crippen LogP contribution in [0.25, 0.3) is 0 Å². The Morgan fingerprint density at radius 3 is 2.50 bits per heavy atom. The van der Waals surface area contributed by atoms with E-state index >= 15 is 0 Å². The Balaban J connectivity index is 2.21. The van der Waals surface area contributed by atoms with Crippen LogP contribution in [0.4, 0.5) is 4.39 Å². The van der Waals surface area contributed by atoms with Crippen molar-refractivity contribution >= 4 is 0 Å². The maximum Gasteiger partial charge on any atom is 0.353 e. The minimum Gasteiger partial charge on any atom is -0.294 e. The summed E-state index contributed by atoms with van der Waals surface area (Å²) in [6.45, 7) is 1.40. The number of nitro groups is 1. The van der Waals surface area contributed by atoms with Gasteiger partial charge in [0.25, 0.3) is 0 Å². The van der Waals surface area contributed by atoms with Crippen molar-refractivity contribution < 1.29 is 14.1 Å². The zero-order valence-corrected chi connectivity index (χ0v) is 7.44. The molecular weight excluding hydrogens is 189 g/mol. The van der Waals surface area contributed by atoms with E-state index in [0.29, 0.717) is 5.56 Å². The van der Waals surface area contributed by atoms with E-state index in [-0.39, 0.29) is 5.82 Å². The molecule has 1 aliphatic heterocycles. The van der Waals surface area contributed by atoms with E-state index in [2.05, 4.69) is 0 Å². The minimum absolute atomic E-state index is 0.364. The number of benzene rings is 1. The van der Waals surface area contributed by atoms with E-state index in [1.165, 1.54) is 31.2 Å². The standard InChI is InChI=1S/C9H8FNO3/c1-9(11(12)13)8(14-9)6-2-4-7(10)5-3-6/h2-5,8H,1H3/t8-,9+/m0/s1. The predicted octanol–water partition coefficient (Wildman–Crippen LogP) is 1.89. The molecule has 0 saturated carbocycles. The summed E-state index contributed by atoms with van der Waals surface area (Å²) in [4.78, 5) is 10.1. The third kappa shape index (κ3) is 1.26. The molecule has 0 bridgehead atoms. The van der Waals surface area contributed by atoms with Crippen LogP contribution in [-0.4, -0.2) is 10.6 Å². The molecule has 14 heavy (non-hydrogen) atoms. The van der Waals surface area contributed by atoms with Gasteiger partial charge in [-0.1, -0.05) is 12.1 Å². The van der Waals surface area contributed by atoms with Crippen LogP contribution in [0.1, 0.15) is 18.6 Å². The third-order valence-corrected chi connectivity index (χ3v) is 2.32. The lowest BCUT2D eigenvalue weighted by atomic mass is 10.1. The summed E-state index contributed by atoms with van der Waals surface area (Å²) in [5.41, 5.74) is -0.705. The average molecular weight is 197 g/mol. The van der Waals surface area contributed by atoms with Crippen molar-refractivity contribution in [1.29, 1.82) is 0 Å². The number of ether oxygens (including phenoxy) is 1. The molecule has 1 heterocycles. The topological polar surface area (TPSA) is 55.7 Å². The summed E-state index contributed by atoms with van der Waals surface area (Å²) in [5, 5.41) is 10.5. The first-order chi connectivity index (χ1) is 6.54. The molecule has 0 aromatic heterocycles. The van der Waals surface area contributed by atoms with Crippen LogP contribution in [0.3, 0.4) is 0 Å². The molecule has 0 amide bonds. The van der Waals surface area contributed by atoms with Crippen LogP contribution in [0.2, 0.25) is 0 Å². The van der Waals surface area contributed by atoms with Crippen molar-refractivity contribution in [3.63, 3.8) is 0 Å². The summed E-state index contributed by atoms with van der Waals surface area (Å²) in [6.07, 6.45) is -0.557. The number of halogens is 1. The van der Waals surface area contributed by atoms with Crippen LogP contribution in [0.5, 0.6) is 0 Å². The Labute approximate surface area is 79.5 Å². The molecule has 74 valence electrons. The second-order valence-corrected chi connectivity index (χ2v) is 3.36. The van der Waals surface area contributed by atoms with Gasteiger partial charge in [0, 0.05) is 6.92 Å². The van der Waals surface area contributed by atoms with E-state index in [9.17, 15) is 14.5 Å². The SMILES string of the molecule is C[C@@]1([N+](=O)[O-])O[C@H]1c1ccc(F)cc1. The highest BCUT2D eigenvalue weighted by molar-refractivity contribution is 5.24. The van der Waals surface area contributed by atoms with Gasteiger partial charge in [-0.3, -0.25) is 14.9 Å². The monoisotopic (exact) mass is 197 g/mol. The molecule has 1 saturated heterocycles. The lowest BCUT2D eigenvalue weighted by Crippen LogP contribution is -2.19. The van der Waals surface area contributed by atoms with Gasteiger partial charge < -0.3 is 0 Å². The lowest BCUT2D eigenvalue weighted by Gasteiger charge is -1.96. The van der Waals surface area contributed by atoms with Gasteiger partial charge in [0.2, 0.25) is 0 Å². The molecule has 1 fully saturated rings. The Morgan fingerprint density at radius 2 is 2.07 bits per heavy atom. The molecule has 2 rings (SSSR count). The molecule has 1 aromatic rings. The average Bonchev–Trinajstić information content (AvgIpc) is 2.81. The molecule has 0 N–H and O–H groups in total. The quantitative estimate of drug-likeness (QED) is 0.413. The van der Waals surface area contributed by atoms with E-state index < -0.39 is 16.8 Å². The number of hydrogen-bond acceptors (Lipinski definition) is 3. The van der Waals surface area contributed by atoms with Crippen LogP contribution in [-0.2, 0) is 4.74 Å². The maximum absolute atomic E-state index is 12.5. The molecule has 1 aliphatic rings. The fourth-order valence-electron chi connectivity index (χ4n) is 1.36. The van der Waals surface area contributed by atoms with Gasteiger partial charge in [-0.2, -0.15) is 0 Å². The van der Waals surface area contributed by atoms with Gasteiger partial charge in [-0.15, -0.1) is 0 Å². The zero-order valence-electron chi connectivity index (χ0n) is 7.44. The van der Waals surface area contributed by atoms with Crippen molar-refractivity contribution in [3.8, 4) is 0 Å². The first-order valence-electron chi connectivity index (χ1n) is 4.12. The lowest BCUT2D eigenvalue weighted by molar-refractivity contribution is -0.558. The maximum atomic E-state index is 12.5. The summed E-state index contributed by atoms with van der Waals surface area (Å²) in [5.74, 6) is -0.364. The molecule has 5 heteroatoms. The minimum atomic E-state index is -1.34. The first-order valence-corrected chi connectivity index (χ1v) is 4.12. The normalized spacial score (nSPS) is 30.0. The van der Waals surface area contributed by atoms with Crippen molar-refractivity contribution in [2.45, 2.75) is 18.8 Å². The number of epoxide rings is 1. The second-order valence-electron chi connectivity index (χ2n) is 3.36. The predicted molar refractivity (Wildman–Crippen MR) is 45.6 cm³/mol. The van der Waals surface area contributed by atoms with Crippen molar-refractivity contribution in [3.05, 3.63) is 45.8 Å². The highest BCUT2D eigenvalue weighted by Crippen LogP contribution is 2.49. The zero-order chi connectivity index (χ0) is 10.3. The highest BCUT2D eigenvalue weighted by Gasteiger charge is 2.65. The summed E-state index contributed by atoms with van der Waals surface area (Å²) in [7, 11) is 0. The van der Waals surface area contributed by atoms with E-state index in [1.807, 2.05) is 0 Å². The smallest absolute Gasteiger partial charge is 0.294 e.